The number of aromatic nitrogens is 3. The lowest BCUT2D eigenvalue weighted by atomic mass is 9.63. The molecule has 2 bridgehead atoms. The standard InChI is InChI=1S/C28H33N3/c1-18(2)28(4,5)25-20-10-7-13-23(25)27-30-17-24(22-12-8-14-29-16-22)31(27)26-19(3)9-6-11-21(26)15-20/h6,8-9,11-12,14,16-18,20H,7,10,13,15H2,1-5H3/t20-/m1/s1. The molecule has 0 N–H and O–H groups in total. The second-order valence-corrected chi connectivity index (χ2v) is 10.2. The molecule has 0 fully saturated rings. The van der Waals surface area contributed by atoms with Gasteiger partial charge in [0.25, 0.3) is 0 Å². The normalized spacial score (nSPS) is 18.5. The van der Waals surface area contributed by atoms with Crippen LogP contribution in [-0.2, 0) is 6.42 Å². The summed E-state index contributed by atoms with van der Waals surface area (Å²) in [6.07, 6.45) is 10.6. The number of benzene rings is 1. The highest BCUT2D eigenvalue weighted by Crippen LogP contribution is 2.51. The van der Waals surface area contributed by atoms with Crippen molar-refractivity contribution in [2.75, 3.05) is 0 Å². The first kappa shape index (κ1) is 20.2. The van der Waals surface area contributed by atoms with E-state index in [-0.39, 0.29) is 5.41 Å². The van der Waals surface area contributed by atoms with E-state index in [9.17, 15) is 0 Å². The first-order valence-electron chi connectivity index (χ1n) is 11.7. The van der Waals surface area contributed by atoms with E-state index in [4.69, 9.17) is 4.98 Å². The third-order valence-electron chi connectivity index (χ3n) is 7.85. The number of para-hydroxylation sites is 1. The zero-order chi connectivity index (χ0) is 21.8. The number of hydrogen-bond acceptors (Lipinski definition) is 2. The Labute approximate surface area is 186 Å². The van der Waals surface area contributed by atoms with Crippen molar-refractivity contribution in [1.29, 1.82) is 0 Å². The third kappa shape index (κ3) is 3.17. The molecule has 160 valence electrons. The lowest BCUT2D eigenvalue weighted by molar-refractivity contribution is 0.266. The lowest BCUT2D eigenvalue weighted by Gasteiger charge is -2.43. The van der Waals surface area contributed by atoms with E-state index in [1.54, 1.807) is 5.57 Å². The van der Waals surface area contributed by atoms with Gasteiger partial charge in [0.1, 0.15) is 5.82 Å². The molecule has 3 nitrogen and oxygen atoms in total. The number of allylic oxidation sites excluding steroid dienone is 2. The molecule has 3 heterocycles. The average molecular weight is 412 g/mol. The van der Waals surface area contributed by atoms with Crippen LogP contribution in [0, 0.1) is 24.2 Å². The third-order valence-corrected chi connectivity index (χ3v) is 7.85. The summed E-state index contributed by atoms with van der Waals surface area (Å²) in [6, 6.07) is 10.9. The largest absolute Gasteiger partial charge is 0.292 e. The molecule has 0 saturated heterocycles. The van der Waals surface area contributed by atoms with Crippen molar-refractivity contribution in [3.8, 4) is 16.9 Å². The average Bonchev–Trinajstić information content (AvgIpc) is 3.18. The van der Waals surface area contributed by atoms with Crippen LogP contribution in [0.15, 0.2) is 54.5 Å². The summed E-state index contributed by atoms with van der Waals surface area (Å²) in [5.41, 5.74) is 9.60. The van der Waals surface area contributed by atoms with E-state index in [0.29, 0.717) is 11.8 Å². The SMILES string of the molecule is Cc1cccc2c1-n1c(-c3cccnc3)cnc1C1=C(C(C)(C)C(C)C)[C@H](CCC1)C2. The summed E-state index contributed by atoms with van der Waals surface area (Å²) in [5.74, 6) is 2.31. The van der Waals surface area contributed by atoms with Gasteiger partial charge in [-0.25, -0.2) is 4.98 Å². The Balaban J connectivity index is 1.88. The Bertz CT molecular complexity index is 1150. The zero-order valence-electron chi connectivity index (χ0n) is 19.4. The molecule has 0 radical (unpaired) electrons. The second-order valence-electron chi connectivity index (χ2n) is 10.2. The zero-order valence-corrected chi connectivity index (χ0v) is 19.4. The Morgan fingerprint density at radius 1 is 1.10 bits per heavy atom. The van der Waals surface area contributed by atoms with E-state index in [2.05, 4.69) is 74.6 Å². The summed E-state index contributed by atoms with van der Waals surface area (Å²) >= 11 is 0. The van der Waals surface area contributed by atoms with Crippen molar-refractivity contribution < 1.29 is 0 Å². The minimum atomic E-state index is 0.146. The van der Waals surface area contributed by atoms with Crippen molar-refractivity contribution in [3.63, 3.8) is 0 Å². The molecule has 0 unspecified atom stereocenters. The van der Waals surface area contributed by atoms with Crippen LogP contribution in [0.25, 0.3) is 22.5 Å². The molecule has 0 amide bonds. The van der Waals surface area contributed by atoms with Gasteiger partial charge in [0.05, 0.1) is 17.6 Å². The summed E-state index contributed by atoms with van der Waals surface area (Å²) in [6.45, 7) is 11.9. The van der Waals surface area contributed by atoms with Gasteiger partial charge in [-0.1, -0.05) is 51.5 Å². The first-order valence-corrected chi connectivity index (χ1v) is 11.7. The van der Waals surface area contributed by atoms with Crippen LogP contribution in [0.1, 0.15) is 63.9 Å². The number of rotatable bonds is 3. The molecule has 2 aromatic heterocycles. The van der Waals surface area contributed by atoms with Crippen LogP contribution >= 0.6 is 0 Å². The number of hydrogen-bond donors (Lipinski definition) is 0. The molecule has 5 rings (SSSR count). The van der Waals surface area contributed by atoms with Gasteiger partial charge in [-0.3, -0.25) is 9.55 Å². The van der Waals surface area contributed by atoms with Crippen molar-refractivity contribution in [2.24, 2.45) is 17.3 Å². The van der Waals surface area contributed by atoms with Gasteiger partial charge in [-0.05, 0) is 78.7 Å². The van der Waals surface area contributed by atoms with Crippen LogP contribution in [0.2, 0.25) is 0 Å². The van der Waals surface area contributed by atoms with E-state index in [0.717, 1.165) is 29.9 Å². The van der Waals surface area contributed by atoms with Crippen LogP contribution in [0.4, 0.5) is 0 Å². The number of nitrogens with zero attached hydrogens (tertiary/aromatic N) is 3. The van der Waals surface area contributed by atoms with Gasteiger partial charge < -0.3 is 0 Å². The van der Waals surface area contributed by atoms with Crippen molar-refractivity contribution in [3.05, 3.63) is 71.4 Å². The lowest BCUT2D eigenvalue weighted by Crippen LogP contribution is -2.32. The Morgan fingerprint density at radius 2 is 1.94 bits per heavy atom. The summed E-state index contributed by atoms with van der Waals surface area (Å²) in [4.78, 5) is 9.49. The fraction of sp³-hybridized carbons (Fsp3) is 0.429. The van der Waals surface area contributed by atoms with Gasteiger partial charge in [-0.2, -0.15) is 0 Å². The minimum absolute atomic E-state index is 0.146. The number of pyridine rings is 1. The predicted molar refractivity (Wildman–Crippen MR) is 128 cm³/mol. The van der Waals surface area contributed by atoms with Crippen LogP contribution < -0.4 is 0 Å². The summed E-state index contributed by atoms with van der Waals surface area (Å²) < 4.78 is 2.44. The highest BCUT2D eigenvalue weighted by molar-refractivity contribution is 5.75. The monoisotopic (exact) mass is 411 g/mol. The van der Waals surface area contributed by atoms with E-state index in [1.807, 2.05) is 18.5 Å². The molecule has 31 heavy (non-hydrogen) atoms. The second kappa shape index (κ2) is 7.47. The fourth-order valence-corrected chi connectivity index (χ4v) is 5.69. The van der Waals surface area contributed by atoms with E-state index < -0.39 is 0 Å². The van der Waals surface area contributed by atoms with Gasteiger partial charge >= 0.3 is 0 Å². The first-order chi connectivity index (χ1) is 14.9. The molecular weight excluding hydrogens is 378 g/mol. The smallest absolute Gasteiger partial charge is 0.140 e. The summed E-state index contributed by atoms with van der Waals surface area (Å²) in [7, 11) is 0. The Kier molecular flexibility index (Phi) is 4.88. The molecule has 3 aromatic rings. The van der Waals surface area contributed by atoms with E-state index >= 15 is 0 Å². The van der Waals surface area contributed by atoms with Gasteiger partial charge in [-0.15, -0.1) is 0 Å². The maximum atomic E-state index is 5.10. The van der Waals surface area contributed by atoms with Crippen LogP contribution in [-0.4, -0.2) is 14.5 Å². The highest BCUT2D eigenvalue weighted by Gasteiger charge is 2.39. The van der Waals surface area contributed by atoms with Gasteiger partial charge in [0.2, 0.25) is 0 Å². The molecular formula is C28H33N3. The topological polar surface area (TPSA) is 30.7 Å². The van der Waals surface area contributed by atoms with Crippen molar-refractivity contribution in [2.45, 2.75) is 60.3 Å². The van der Waals surface area contributed by atoms with E-state index in [1.165, 1.54) is 35.2 Å². The highest BCUT2D eigenvalue weighted by atomic mass is 15.1. The summed E-state index contributed by atoms with van der Waals surface area (Å²) in [5, 5.41) is 0. The van der Waals surface area contributed by atoms with Gasteiger partial charge in [0, 0.05) is 18.0 Å². The van der Waals surface area contributed by atoms with Crippen molar-refractivity contribution in [1.82, 2.24) is 14.5 Å². The molecule has 0 saturated carbocycles. The molecule has 0 spiro atoms. The maximum absolute atomic E-state index is 5.10. The van der Waals surface area contributed by atoms with Crippen molar-refractivity contribution >= 4 is 5.57 Å². The molecule has 3 heteroatoms. The maximum Gasteiger partial charge on any atom is 0.140 e. The fourth-order valence-electron chi connectivity index (χ4n) is 5.69. The Morgan fingerprint density at radius 3 is 2.68 bits per heavy atom. The van der Waals surface area contributed by atoms with Crippen LogP contribution in [0.3, 0.4) is 0 Å². The van der Waals surface area contributed by atoms with Crippen LogP contribution in [0.5, 0.6) is 0 Å². The molecule has 2 aliphatic rings. The molecule has 1 aliphatic heterocycles. The molecule has 1 aliphatic carbocycles. The number of fused-ring (bicyclic) bond motifs is 5. The Hall–Kier alpha value is -2.68. The number of imidazole rings is 1. The molecule has 1 aromatic carbocycles. The minimum Gasteiger partial charge on any atom is -0.292 e. The quantitative estimate of drug-likeness (QED) is 0.463. The number of aryl methyl sites for hydroxylation is 1. The van der Waals surface area contributed by atoms with Gasteiger partial charge in [0.15, 0.2) is 0 Å². The molecule has 1 atom stereocenters. The predicted octanol–water partition coefficient (Wildman–Crippen LogP) is 7.03.